The average Bonchev–Trinajstić information content (AvgIpc) is 2.98. The van der Waals surface area contributed by atoms with E-state index in [1.807, 2.05) is 18.9 Å². The van der Waals surface area contributed by atoms with Gasteiger partial charge in [-0.25, -0.2) is 8.42 Å². The number of carbonyl (C=O) groups is 1. The van der Waals surface area contributed by atoms with Crippen LogP contribution in [0.2, 0.25) is 0 Å². The Bertz CT molecular complexity index is 1550. The Morgan fingerprint density at radius 2 is 1.77 bits per heavy atom. The molecule has 3 atom stereocenters. The molecule has 0 saturated carbocycles. The van der Waals surface area contributed by atoms with Crippen molar-refractivity contribution in [2.24, 2.45) is 5.92 Å². The Hall–Kier alpha value is -3.81. The van der Waals surface area contributed by atoms with Crippen LogP contribution in [0.1, 0.15) is 35.3 Å². The fourth-order valence-electron chi connectivity index (χ4n) is 4.96. The topological polar surface area (TPSA) is 108 Å². The molecule has 238 valence electrons. The molecule has 1 aliphatic rings. The summed E-state index contributed by atoms with van der Waals surface area (Å²) in [6.07, 6.45) is -4.86. The highest BCUT2D eigenvalue weighted by Gasteiger charge is 2.34. The zero-order valence-electron chi connectivity index (χ0n) is 24.8. The summed E-state index contributed by atoms with van der Waals surface area (Å²) >= 11 is 0. The summed E-state index contributed by atoms with van der Waals surface area (Å²) in [7, 11) is -0.692. The Kier molecular flexibility index (Phi) is 10.1. The molecule has 3 aromatic carbocycles. The number of nitrogens with zero attached hydrogens (tertiary/aromatic N) is 2. The summed E-state index contributed by atoms with van der Waals surface area (Å²) in [6, 6.07) is 14.8. The third-order valence-electron chi connectivity index (χ3n) is 7.51. The maximum absolute atomic E-state index is 13.7. The Morgan fingerprint density at radius 3 is 2.36 bits per heavy atom. The van der Waals surface area contributed by atoms with Gasteiger partial charge in [0.05, 0.1) is 35.8 Å². The van der Waals surface area contributed by atoms with Crippen LogP contribution in [0.25, 0.3) is 0 Å². The number of benzene rings is 3. The first-order chi connectivity index (χ1) is 20.7. The fourth-order valence-corrected chi connectivity index (χ4v) is 6.00. The van der Waals surface area contributed by atoms with Crippen LogP contribution >= 0.6 is 0 Å². The van der Waals surface area contributed by atoms with Crippen LogP contribution in [0, 0.1) is 5.92 Å². The van der Waals surface area contributed by atoms with Crippen molar-refractivity contribution in [1.29, 1.82) is 0 Å². The number of rotatable bonds is 10. The number of methoxy groups -OCH3 is 1. The van der Waals surface area contributed by atoms with Gasteiger partial charge in [0.2, 0.25) is 0 Å². The maximum Gasteiger partial charge on any atom is 0.416 e. The van der Waals surface area contributed by atoms with E-state index in [1.165, 1.54) is 66.6 Å². The van der Waals surface area contributed by atoms with E-state index in [-0.39, 0.29) is 41.0 Å². The number of hydrogen-bond acceptors (Lipinski definition) is 7. The zero-order valence-corrected chi connectivity index (χ0v) is 25.7. The van der Waals surface area contributed by atoms with Crippen molar-refractivity contribution in [2.75, 3.05) is 38.6 Å². The standard InChI is InChI=1S/C31H36F3N3O6S/c1-20-16-37(21(2)19-38)30(39)27-15-24(35-44(40,41)26-12-10-25(42-4)11-13-26)9-14-28(27)43-29(20)18-36(3)17-22-5-7-23(8-6-22)31(32,33)34/h5-15,20-21,29,35,38H,16-19H2,1-4H3/t20-,21+,29+/m1/s1. The first-order valence-corrected chi connectivity index (χ1v) is 15.4. The molecule has 1 amide bonds. The molecule has 0 spiro atoms. The van der Waals surface area contributed by atoms with Crippen LogP contribution in [-0.4, -0.2) is 75.2 Å². The summed E-state index contributed by atoms with van der Waals surface area (Å²) in [6.45, 7) is 4.35. The normalized spacial score (nSPS) is 18.2. The number of aliphatic hydroxyl groups is 1. The predicted molar refractivity (Wildman–Crippen MR) is 159 cm³/mol. The first-order valence-electron chi connectivity index (χ1n) is 14.0. The second-order valence-corrected chi connectivity index (χ2v) is 12.7. The monoisotopic (exact) mass is 635 g/mol. The summed E-state index contributed by atoms with van der Waals surface area (Å²) in [5.41, 5.74) is 0.255. The lowest BCUT2D eigenvalue weighted by atomic mass is 9.99. The van der Waals surface area contributed by atoms with Crippen molar-refractivity contribution in [3.05, 3.63) is 83.4 Å². The molecule has 9 nitrogen and oxygen atoms in total. The lowest BCUT2D eigenvalue weighted by molar-refractivity contribution is -0.137. The molecule has 2 N–H and O–H groups in total. The molecule has 0 aliphatic carbocycles. The van der Waals surface area contributed by atoms with Crippen molar-refractivity contribution in [2.45, 2.75) is 43.6 Å². The number of ether oxygens (including phenoxy) is 2. The van der Waals surface area contributed by atoms with Gasteiger partial charge in [0.1, 0.15) is 17.6 Å². The first kappa shape index (κ1) is 33.1. The minimum Gasteiger partial charge on any atom is -0.497 e. The van der Waals surface area contributed by atoms with Gasteiger partial charge in [-0.15, -0.1) is 0 Å². The number of anilines is 1. The van der Waals surface area contributed by atoms with E-state index in [4.69, 9.17) is 9.47 Å². The van der Waals surface area contributed by atoms with Crippen LogP contribution in [0.15, 0.2) is 71.6 Å². The van der Waals surface area contributed by atoms with Gasteiger partial charge >= 0.3 is 6.18 Å². The number of aliphatic hydroxyl groups excluding tert-OH is 1. The quantitative estimate of drug-likeness (QED) is 0.328. The molecule has 0 unspecified atom stereocenters. The van der Waals surface area contributed by atoms with Gasteiger partial charge in [-0.3, -0.25) is 14.4 Å². The van der Waals surface area contributed by atoms with Gasteiger partial charge in [-0.1, -0.05) is 19.1 Å². The third-order valence-corrected chi connectivity index (χ3v) is 8.91. The lowest BCUT2D eigenvalue weighted by Gasteiger charge is -2.38. The molecule has 0 aromatic heterocycles. The van der Waals surface area contributed by atoms with Crippen molar-refractivity contribution in [3.63, 3.8) is 0 Å². The van der Waals surface area contributed by atoms with Crippen LogP contribution in [0.5, 0.6) is 11.5 Å². The highest BCUT2D eigenvalue weighted by Crippen LogP contribution is 2.32. The van der Waals surface area contributed by atoms with E-state index in [0.717, 1.165) is 12.1 Å². The van der Waals surface area contributed by atoms with Crippen molar-refractivity contribution in [3.8, 4) is 11.5 Å². The number of hydrogen-bond donors (Lipinski definition) is 2. The summed E-state index contributed by atoms with van der Waals surface area (Å²) in [4.78, 5) is 17.2. The van der Waals surface area contributed by atoms with Gasteiger partial charge < -0.3 is 19.5 Å². The van der Waals surface area contributed by atoms with E-state index in [0.29, 0.717) is 24.4 Å². The number of amides is 1. The third kappa shape index (κ3) is 7.82. The zero-order chi connectivity index (χ0) is 32.2. The molecule has 44 heavy (non-hydrogen) atoms. The fraction of sp³-hybridized carbons (Fsp3) is 0.387. The number of nitrogens with one attached hydrogen (secondary N) is 1. The molecule has 1 heterocycles. The minimum atomic E-state index is -4.41. The lowest BCUT2D eigenvalue weighted by Crippen LogP contribution is -2.49. The summed E-state index contributed by atoms with van der Waals surface area (Å²) < 4.78 is 79.0. The van der Waals surface area contributed by atoms with E-state index in [1.54, 1.807) is 6.92 Å². The average molecular weight is 636 g/mol. The van der Waals surface area contributed by atoms with Crippen molar-refractivity contribution < 1.29 is 41.0 Å². The minimum absolute atomic E-state index is 0.00752. The van der Waals surface area contributed by atoms with Gasteiger partial charge in [0, 0.05) is 31.2 Å². The van der Waals surface area contributed by atoms with Gasteiger partial charge in [-0.05, 0) is 74.1 Å². The van der Waals surface area contributed by atoms with E-state index in [2.05, 4.69) is 4.72 Å². The summed E-state index contributed by atoms with van der Waals surface area (Å²) in [5, 5.41) is 9.91. The number of likely N-dealkylation sites (N-methyl/N-ethyl adjacent to an activating group) is 1. The molecule has 0 bridgehead atoms. The second-order valence-electron chi connectivity index (χ2n) is 11.0. The Labute approximate surface area is 255 Å². The maximum atomic E-state index is 13.7. The highest BCUT2D eigenvalue weighted by molar-refractivity contribution is 7.92. The Morgan fingerprint density at radius 1 is 1.11 bits per heavy atom. The summed E-state index contributed by atoms with van der Waals surface area (Å²) in [5.74, 6) is 0.136. The molecule has 3 aromatic rings. The predicted octanol–water partition coefficient (Wildman–Crippen LogP) is 4.87. The molecule has 13 heteroatoms. The molecular formula is C31H36F3N3O6S. The van der Waals surface area contributed by atoms with Crippen LogP contribution in [0.3, 0.4) is 0 Å². The van der Waals surface area contributed by atoms with Crippen LogP contribution < -0.4 is 14.2 Å². The number of sulfonamides is 1. The molecule has 0 saturated heterocycles. The molecule has 0 radical (unpaired) electrons. The van der Waals surface area contributed by atoms with E-state index in [9.17, 15) is 31.5 Å². The molecule has 4 rings (SSSR count). The smallest absolute Gasteiger partial charge is 0.416 e. The van der Waals surface area contributed by atoms with Crippen LogP contribution in [0.4, 0.5) is 18.9 Å². The van der Waals surface area contributed by atoms with Gasteiger partial charge in [0.25, 0.3) is 15.9 Å². The second kappa shape index (κ2) is 13.4. The van der Waals surface area contributed by atoms with Crippen molar-refractivity contribution >= 4 is 21.6 Å². The van der Waals surface area contributed by atoms with E-state index >= 15 is 0 Å². The largest absolute Gasteiger partial charge is 0.497 e. The number of carbonyl (C=O) groups excluding carboxylic acids is 1. The molecular weight excluding hydrogens is 599 g/mol. The van der Waals surface area contributed by atoms with Crippen LogP contribution in [-0.2, 0) is 22.7 Å². The number of fused-ring (bicyclic) bond motifs is 1. The molecule has 1 aliphatic heterocycles. The van der Waals surface area contributed by atoms with Gasteiger partial charge in [-0.2, -0.15) is 13.2 Å². The number of alkyl halides is 3. The van der Waals surface area contributed by atoms with Crippen molar-refractivity contribution in [1.82, 2.24) is 9.80 Å². The van der Waals surface area contributed by atoms with E-state index < -0.39 is 39.8 Å². The highest BCUT2D eigenvalue weighted by atomic mass is 32.2. The number of halogens is 3. The molecule has 0 fully saturated rings. The SMILES string of the molecule is COc1ccc(S(=O)(=O)Nc2ccc3c(c2)C(=O)N([C@@H](C)CO)C[C@@H](C)[C@H](CN(C)Cc2ccc(C(F)(F)F)cc2)O3)cc1. The van der Waals surface area contributed by atoms with Gasteiger partial charge in [0.15, 0.2) is 0 Å². The Balaban J connectivity index is 1.59.